The Bertz CT molecular complexity index is 159. The molecule has 1 heterocycles. The third-order valence-electron chi connectivity index (χ3n) is 1.29. The Morgan fingerprint density at radius 1 is 1.73 bits per heavy atom. The van der Waals surface area contributed by atoms with E-state index in [4.69, 9.17) is 23.1 Å². The maximum absolute atomic E-state index is 5.62. The second kappa shape index (κ2) is 4.04. The van der Waals surface area contributed by atoms with Crippen LogP contribution in [0, 0.1) is 0 Å². The summed E-state index contributed by atoms with van der Waals surface area (Å²) in [5.74, 6) is 1.68. The van der Waals surface area contributed by atoms with E-state index in [0.29, 0.717) is 11.9 Å². The number of guanidine groups is 1. The normalized spacial score (nSPS) is 30.3. The van der Waals surface area contributed by atoms with Crippen molar-refractivity contribution in [1.29, 1.82) is 0 Å². The lowest BCUT2D eigenvalue weighted by Crippen LogP contribution is -2.33. The molecule has 11 heavy (non-hydrogen) atoms. The third-order valence-corrected chi connectivity index (χ3v) is 2.81. The number of hydrogen-bond acceptors (Lipinski definition) is 3. The van der Waals surface area contributed by atoms with Crippen LogP contribution in [-0.4, -0.2) is 29.1 Å². The number of hydrogen-bond donors (Lipinski definition) is 3. The summed E-state index contributed by atoms with van der Waals surface area (Å²) in [5, 5.41) is 3.16. The molecule has 0 aromatic heterocycles. The smallest absolute Gasteiger partial charge is 0.188 e. The average Bonchev–Trinajstić information content (AvgIpc) is 2.34. The fraction of sp³-hybridized carbons (Fsp3) is 0.800. The van der Waals surface area contributed by atoms with Gasteiger partial charge in [0.05, 0.1) is 0 Å². The average molecular weight is 195 g/mol. The van der Waals surface area contributed by atoms with Crippen molar-refractivity contribution in [2.45, 2.75) is 11.5 Å². The van der Waals surface area contributed by atoms with Crippen molar-refractivity contribution >= 4 is 29.3 Å². The first kappa shape index (κ1) is 8.96. The Labute approximate surface area is 74.7 Å². The van der Waals surface area contributed by atoms with Crippen LogP contribution < -0.4 is 16.8 Å². The van der Waals surface area contributed by atoms with Crippen LogP contribution in [0.5, 0.6) is 0 Å². The molecular weight excluding hydrogens is 184 g/mol. The summed E-state index contributed by atoms with van der Waals surface area (Å²) >= 11 is 7.28. The van der Waals surface area contributed by atoms with Gasteiger partial charge in [0, 0.05) is 17.7 Å². The molecule has 2 unspecified atom stereocenters. The molecule has 64 valence electrons. The molecule has 0 aromatic rings. The molecule has 1 fully saturated rings. The first-order valence-corrected chi connectivity index (χ1v) is 4.83. The van der Waals surface area contributed by atoms with Crippen LogP contribution in [0.25, 0.3) is 0 Å². The van der Waals surface area contributed by atoms with Gasteiger partial charge in [0.25, 0.3) is 0 Å². The molecule has 1 saturated heterocycles. The summed E-state index contributed by atoms with van der Waals surface area (Å²) in [6.45, 7) is 0. The van der Waals surface area contributed by atoms with Gasteiger partial charge in [-0.05, 0) is 0 Å². The van der Waals surface area contributed by atoms with E-state index in [1.54, 1.807) is 11.8 Å². The van der Waals surface area contributed by atoms with E-state index in [-0.39, 0.29) is 11.5 Å². The van der Waals surface area contributed by atoms with E-state index in [1.165, 1.54) is 0 Å². The standard InChI is InChI=1S/C5H11ClN4S/c6-1-3-2-11-5(9-3)10-4(7)8/h3,5,9H,1-2H2,(H4,7,8,10). The maximum Gasteiger partial charge on any atom is 0.188 e. The fourth-order valence-corrected chi connectivity index (χ4v) is 2.25. The van der Waals surface area contributed by atoms with Crippen LogP contribution in [0.4, 0.5) is 0 Å². The number of nitrogens with one attached hydrogen (secondary N) is 1. The molecule has 0 aliphatic carbocycles. The molecule has 1 aliphatic heterocycles. The zero-order chi connectivity index (χ0) is 8.27. The van der Waals surface area contributed by atoms with Crippen LogP contribution in [0.3, 0.4) is 0 Å². The number of aliphatic imine (C=N–C) groups is 1. The predicted octanol–water partition coefficient (Wildman–Crippen LogP) is -0.513. The first-order valence-electron chi connectivity index (χ1n) is 3.24. The molecular formula is C5H11ClN4S. The van der Waals surface area contributed by atoms with Crippen molar-refractivity contribution in [2.24, 2.45) is 16.5 Å². The number of nitrogens with two attached hydrogens (primary N) is 2. The van der Waals surface area contributed by atoms with Crippen molar-refractivity contribution < 1.29 is 0 Å². The summed E-state index contributed by atoms with van der Waals surface area (Å²) in [6.07, 6.45) is 0. The fourth-order valence-electron chi connectivity index (χ4n) is 0.804. The Hall–Kier alpha value is -0.130. The third kappa shape index (κ3) is 2.76. The van der Waals surface area contributed by atoms with Gasteiger partial charge in [0.15, 0.2) is 11.5 Å². The zero-order valence-corrected chi connectivity index (χ0v) is 7.53. The summed E-state index contributed by atoms with van der Waals surface area (Å²) < 4.78 is 0. The monoisotopic (exact) mass is 194 g/mol. The minimum absolute atomic E-state index is 0.0104. The van der Waals surface area contributed by atoms with Crippen molar-refractivity contribution in [2.75, 3.05) is 11.6 Å². The first-order chi connectivity index (χ1) is 5.22. The highest BCUT2D eigenvalue weighted by molar-refractivity contribution is 8.00. The van der Waals surface area contributed by atoms with Gasteiger partial charge in [0.1, 0.15) is 0 Å². The summed E-state index contributed by atoms with van der Waals surface area (Å²) in [6, 6.07) is 0.328. The van der Waals surface area contributed by atoms with Gasteiger partial charge in [-0.2, -0.15) is 0 Å². The molecule has 0 spiro atoms. The van der Waals surface area contributed by atoms with Crippen LogP contribution in [-0.2, 0) is 0 Å². The van der Waals surface area contributed by atoms with Gasteiger partial charge in [-0.15, -0.1) is 23.4 Å². The highest BCUT2D eigenvalue weighted by Crippen LogP contribution is 2.19. The second-order valence-corrected chi connectivity index (χ2v) is 3.68. The lowest BCUT2D eigenvalue weighted by atomic mass is 10.4. The molecule has 0 radical (unpaired) electrons. The highest BCUT2D eigenvalue weighted by atomic mass is 35.5. The van der Waals surface area contributed by atoms with Crippen LogP contribution >= 0.6 is 23.4 Å². The number of thioether (sulfide) groups is 1. The molecule has 1 rings (SSSR count). The minimum atomic E-state index is -0.0104. The molecule has 0 aromatic carbocycles. The van der Waals surface area contributed by atoms with Gasteiger partial charge in [-0.25, -0.2) is 4.99 Å². The summed E-state index contributed by atoms with van der Waals surface area (Å²) in [5.41, 5.74) is 10.4. The molecule has 4 nitrogen and oxygen atoms in total. The van der Waals surface area contributed by atoms with Gasteiger partial charge >= 0.3 is 0 Å². The minimum Gasteiger partial charge on any atom is -0.370 e. The van der Waals surface area contributed by atoms with Crippen molar-refractivity contribution in [3.8, 4) is 0 Å². The van der Waals surface area contributed by atoms with Gasteiger partial charge in [-0.1, -0.05) is 0 Å². The van der Waals surface area contributed by atoms with Crippen molar-refractivity contribution in [3.05, 3.63) is 0 Å². The van der Waals surface area contributed by atoms with Crippen LogP contribution in [0.15, 0.2) is 4.99 Å². The largest absolute Gasteiger partial charge is 0.370 e. The zero-order valence-electron chi connectivity index (χ0n) is 5.96. The van der Waals surface area contributed by atoms with Gasteiger partial charge in [-0.3, -0.25) is 5.32 Å². The molecule has 5 N–H and O–H groups in total. The highest BCUT2D eigenvalue weighted by Gasteiger charge is 2.22. The second-order valence-electron chi connectivity index (χ2n) is 2.26. The predicted molar refractivity (Wildman–Crippen MR) is 49.7 cm³/mol. The Kier molecular flexibility index (Phi) is 3.29. The van der Waals surface area contributed by atoms with E-state index in [1.807, 2.05) is 0 Å². The lowest BCUT2D eigenvalue weighted by molar-refractivity contribution is 0.618. The Morgan fingerprint density at radius 3 is 2.91 bits per heavy atom. The maximum atomic E-state index is 5.62. The Morgan fingerprint density at radius 2 is 2.45 bits per heavy atom. The van der Waals surface area contributed by atoms with Gasteiger partial charge < -0.3 is 11.5 Å². The van der Waals surface area contributed by atoms with Gasteiger partial charge in [0.2, 0.25) is 0 Å². The quantitative estimate of drug-likeness (QED) is 0.314. The SMILES string of the molecule is NC(N)=NC1NC(CCl)CS1. The van der Waals surface area contributed by atoms with Crippen molar-refractivity contribution in [1.82, 2.24) is 5.32 Å². The lowest BCUT2D eigenvalue weighted by Gasteiger charge is -2.05. The van der Waals surface area contributed by atoms with Crippen molar-refractivity contribution in [3.63, 3.8) is 0 Å². The molecule has 2 atom stereocenters. The molecule has 0 amide bonds. The summed E-state index contributed by atoms with van der Waals surface area (Å²) in [4.78, 5) is 3.94. The Balaban J connectivity index is 2.36. The topological polar surface area (TPSA) is 76.4 Å². The molecule has 1 aliphatic rings. The van der Waals surface area contributed by atoms with E-state index in [9.17, 15) is 0 Å². The number of nitrogens with zero attached hydrogens (tertiary/aromatic N) is 1. The molecule has 6 heteroatoms. The van der Waals surface area contributed by atoms with E-state index in [2.05, 4.69) is 10.3 Å². The van der Waals surface area contributed by atoms with Crippen LogP contribution in [0.1, 0.15) is 0 Å². The molecule has 0 bridgehead atoms. The molecule has 0 saturated carbocycles. The van der Waals surface area contributed by atoms with E-state index in [0.717, 1.165) is 5.75 Å². The number of rotatable bonds is 2. The number of halogens is 1. The van der Waals surface area contributed by atoms with E-state index >= 15 is 0 Å². The number of alkyl halides is 1. The summed E-state index contributed by atoms with van der Waals surface area (Å²) in [7, 11) is 0. The van der Waals surface area contributed by atoms with Crippen LogP contribution in [0.2, 0.25) is 0 Å². The van der Waals surface area contributed by atoms with E-state index < -0.39 is 0 Å².